The van der Waals surface area contributed by atoms with Crippen molar-refractivity contribution in [3.63, 3.8) is 0 Å². The molecule has 4 nitrogen and oxygen atoms in total. The van der Waals surface area contributed by atoms with Gasteiger partial charge in [-0.2, -0.15) is 11.8 Å². The van der Waals surface area contributed by atoms with Gasteiger partial charge in [-0.3, -0.25) is 14.5 Å². The molecule has 0 aromatic heterocycles. The molecule has 1 amide bonds. The molecule has 2 saturated heterocycles. The summed E-state index contributed by atoms with van der Waals surface area (Å²) < 4.78 is 26.8. The molecule has 4 rings (SSSR count). The molecule has 1 saturated carbocycles. The maximum absolute atomic E-state index is 13.4. The second-order valence-electron chi connectivity index (χ2n) is 8.63. The average molecular weight is 423 g/mol. The monoisotopic (exact) mass is 422 g/mol. The summed E-state index contributed by atoms with van der Waals surface area (Å²) in [6.07, 6.45) is 2.85. The average Bonchev–Trinajstić information content (AvgIpc) is 3.20. The topological polar surface area (TPSA) is 49.4 Å². The first-order valence-corrected chi connectivity index (χ1v) is 11.6. The molecule has 29 heavy (non-hydrogen) atoms. The van der Waals surface area contributed by atoms with Crippen molar-refractivity contribution in [2.75, 3.05) is 29.9 Å². The number of nitrogens with one attached hydrogen (secondary N) is 1. The lowest BCUT2D eigenvalue weighted by Gasteiger charge is -2.32. The predicted molar refractivity (Wildman–Crippen MR) is 111 cm³/mol. The van der Waals surface area contributed by atoms with Gasteiger partial charge >= 0.3 is 0 Å². The number of Topliss-reactive ketones (excluding diaryl/α,β-unsaturated/α-hetero) is 1. The Bertz CT molecular complexity index is 764. The van der Waals surface area contributed by atoms with E-state index in [4.69, 9.17) is 0 Å². The lowest BCUT2D eigenvalue weighted by Crippen LogP contribution is -2.38. The van der Waals surface area contributed by atoms with E-state index in [1.54, 1.807) is 6.07 Å². The van der Waals surface area contributed by atoms with Gasteiger partial charge in [-0.1, -0.05) is 12.1 Å². The van der Waals surface area contributed by atoms with Crippen LogP contribution in [0.2, 0.25) is 0 Å². The van der Waals surface area contributed by atoms with Crippen LogP contribution in [0.1, 0.15) is 38.2 Å². The summed E-state index contributed by atoms with van der Waals surface area (Å²) >= 11 is 2.03. The Balaban J connectivity index is 1.21. The first-order chi connectivity index (χ1) is 13.8. The summed E-state index contributed by atoms with van der Waals surface area (Å²) in [5, 5.41) is 2.63. The number of hydrogen-bond acceptors (Lipinski definition) is 4. The minimum absolute atomic E-state index is 0.102. The Morgan fingerprint density at radius 3 is 2.52 bits per heavy atom. The van der Waals surface area contributed by atoms with E-state index >= 15 is 0 Å². The fraction of sp³-hybridized carbons (Fsp3) is 0.636. The van der Waals surface area contributed by atoms with Crippen molar-refractivity contribution in [1.29, 1.82) is 0 Å². The van der Waals surface area contributed by atoms with Crippen LogP contribution in [0.25, 0.3) is 0 Å². The molecule has 1 aromatic carbocycles. The lowest BCUT2D eigenvalue weighted by molar-refractivity contribution is -0.124. The smallest absolute Gasteiger partial charge is 0.270 e. The molecule has 0 radical (unpaired) electrons. The van der Waals surface area contributed by atoms with Crippen molar-refractivity contribution in [3.05, 3.63) is 29.8 Å². The summed E-state index contributed by atoms with van der Waals surface area (Å²) in [7, 11) is 0. The Hall–Kier alpha value is -1.47. The number of alkyl halides is 2. The second-order valence-corrected chi connectivity index (χ2v) is 9.86. The van der Waals surface area contributed by atoms with E-state index < -0.39 is 5.92 Å². The lowest BCUT2D eigenvalue weighted by atomic mass is 10.0. The molecule has 1 aromatic rings. The van der Waals surface area contributed by atoms with Crippen LogP contribution in [-0.2, 0) is 15.5 Å². The van der Waals surface area contributed by atoms with Gasteiger partial charge in [0.1, 0.15) is 5.78 Å². The van der Waals surface area contributed by atoms with Crippen molar-refractivity contribution < 1.29 is 18.4 Å². The maximum atomic E-state index is 13.4. The number of carbonyl (C=O) groups is 2. The highest BCUT2D eigenvalue weighted by Crippen LogP contribution is 2.53. The third-order valence-electron chi connectivity index (χ3n) is 6.55. The van der Waals surface area contributed by atoms with Gasteiger partial charge in [-0.05, 0) is 48.3 Å². The molecular weight excluding hydrogens is 394 g/mol. The van der Waals surface area contributed by atoms with Crippen LogP contribution in [0.4, 0.5) is 14.5 Å². The van der Waals surface area contributed by atoms with Gasteiger partial charge in [0, 0.05) is 56.1 Å². The molecular formula is C22H28F2N2O2S. The Morgan fingerprint density at radius 2 is 1.86 bits per heavy atom. The molecule has 158 valence electrons. The number of hydrogen-bond donors (Lipinski definition) is 1. The quantitative estimate of drug-likeness (QED) is 0.717. The predicted octanol–water partition coefficient (Wildman–Crippen LogP) is 4.16. The summed E-state index contributed by atoms with van der Waals surface area (Å²) in [5.41, 5.74) is 0.198. The van der Waals surface area contributed by atoms with Gasteiger partial charge in [0.25, 0.3) is 5.92 Å². The minimum Gasteiger partial charge on any atom is -0.326 e. The number of thioether (sulfide) groups is 1. The Morgan fingerprint density at radius 1 is 1.17 bits per heavy atom. The van der Waals surface area contributed by atoms with Crippen LogP contribution in [0.15, 0.2) is 24.3 Å². The van der Waals surface area contributed by atoms with Crippen molar-refractivity contribution >= 4 is 29.1 Å². The number of fused-ring (bicyclic) bond motifs is 1. The Labute approximate surface area is 174 Å². The van der Waals surface area contributed by atoms with Gasteiger partial charge in [-0.15, -0.1) is 0 Å². The van der Waals surface area contributed by atoms with Crippen molar-refractivity contribution in [2.45, 2.75) is 44.6 Å². The van der Waals surface area contributed by atoms with Crippen LogP contribution in [0.3, 0.4) is 0 Å². The van der Waals surface area contributed by atoms with E-state index in [1.165, 1.54) is 42.5 Å². The van der Waals surface area contributed by atoms with E-state index in [9.17, 15) is 18.4 Å². The number of anilines is 1. The largest absolute Gasteiger partial charge is 0.326 e. The zero-order chi connectivity index (χ0) is 20.6. The van der Waals surface area contributed by atoms with Gasteiger partial charge < -0.3 is 5.32 Å². The fourth-order valence-corrected chi connectivity index (χ4v) is 5.96. The standard InChI is InChI=1S/C22H28F2N2O2S/c1-22(23,24)14-3-2-4-15(11-14)25-20(28)6-5-19(27)21-17-12-26(13-18(17)21)16-7-9-29-10-8-16/h2-4,11,16-18,21H,5-10,12-13H2,1H3,(H,25,28)/t17-,18+,21?. The molecule has 1 N–H and O–H groups in total. The number of ketones is 1. The normalized spacial score (nSPS) is 27.5. The number of carbonyl (C=O) groups excluding carboxylic acids is 2. The molecule has 0 spiro atoms. The van der Waals surface area contributed by atoms with Crippen LogP contribution in [-0.4, -0.2) is 47.2 Å². The molecule has 3 atom stereocenters. The first-order valence-electron chi connectivity index (χ1n) is 10.5. The number of likely N-dealkylation sites (tertiary alicyclic amines) is 1. The van der Waals surface area contributed by atoms with E-state index in [2.05, 4.69) is 10.2 Å². The number of amides is 1. The van der Waals surface area contributed by atoms with E-state index in [0.29, 0.717) is 23.6 Å². The number of halogens is 2. The first kappa shape index (κ1) is 20.8. The summed E-state index contributed by atoms with van der Waals surface area (Å²) in [4.78, 5) is 27.3. The third kappa shape index (κ3) is 4.82. The highest BCUT2D eigenvalue weighted by atomic mass is 32.2. The van der Waals surface area contributed by atoms with Gasteiger partial charge in [0.2, 0.25) is 5.91 Å². The molecule has 7 heteroatoms. The maximum Gasteiger partial charge on any atom is 0.270 e. The van der Waals surface area contributed by atoms with E-state index in [0.717, 1.165) is 20.0 Å². The molecule has 2 aliphatic heterocycles. The summed E-state index contributed by atoms with van der Waals surface area (Å²) in [6.45, 7) is 2.88. The fourth-order valence-electron chi connectivity index (χ4n) is 4.88. The number of nitrogens with zero attached hydrogens (tertiary/aromatic N) is 1. The molecule has 0 bridgehead atoms. The SMILES string of the molecule is CC(F)(F)c1cccc(NC(=O)CCC(=O)C2[C@H]3CN(C4CCSCC4)C[C@@H]23)c1. The minimum atomic E-state index is -2.95. The van der Waals surface area contributed by atoms with Crippen LogP contribution in [0.5, 0.6) is 0 Å². The van der Waals surface area contributed by atoms with Crippen molar-refractivity contribution in [3.8, 4) is 0 Å². The zero-order valence-corrected chi connectivity index (χ0v) is 17.5. The van der Waals surface area contributed by atoms with E-state index in [-0.39, 0.29) is 36.0 Å². The van der Waals surface area contributed by atoms with Crippen molar-refractivity contribution in [2.24, 2.45) is 17.8 Å². The molecule has 1 aliphatic carbocycles. The second kappa shape index (κ2) is 8.34. The highest BCUT2D eigenvalue weighted by Gasteiger charge is 2.59. The third-order valence-corrected chi connectivity index (χ3v) is 7.60. The highest BCUT2D eigenvalue weighted by molar-refractivity contribution is 7.99. The van der Waals surface area contributed by atoms with Crippen molar-refractivity contribution in [1.82, 2.24) is 4.90 Å². The van der Waals surface area contributed by atoms with Gasteiger partial charge in [-0.25, -0.2) is 8.78 Å². The molecule has 1 unspecified atom stereocenters. The zero-order valence-electron chi connectivity index (χ0n) is 16.7. The van der Waals surface area contributed by atoms with E-state index in [1.807, 2.05) is 11.8 Å². The number of piperidine rings is 1. The van der Waals surface area contributed by atoms with Crippen LogP contribution < -0.4 is 5.32 Å². The number of rotatable bonds is 7. The van der Waals surface area contributed by atoms with Crippen LogP contribution in [0, 0.1) is 17.8 Å². The van der Waals surface area contributed by atoms with Crippen LogP contribution >= 0.6 is 11.8 Å². The summed E-state index contributed by atoms with van der Waals surface area (Å²) in [5.74, 6) is 0.487. The van der Waals surface area contributed by atoms with Gasteiger partial charge in [0.05, 0.1) is 0 Å². The number of benzene rings is 1. The summed E-state index contributed by atoms with van der Waals surface area (Å²) in [6, 6.07) is 6.38. The Kier molecular flexibility index (Phi) is 5.98. The molecule has 2 heterocycles. The molecule has 3 fully saturated rings. The van der Waals surface area contributed by atoms with Gasteiger partial charge in [0.15, 0.2) is 0 Å². The molecule has 3 aliphatic rings.